The van der Waals surface area contributed by atoms with Crippen LogP contribution < -0.4 is 10.6 Å². The van der Waals surface area contributed by atoms with E-state index in [4.69, 9.17) is 5.73 Å². The molecular formula is C14H23N3. The molecule has 1 unspecified atom stereocenters. The van der Waals surface area contributed by atoms with Crippen LogP contribution in [-0.4, -0.2) is 38.1 Å². The molecular weight excluding hydrogens is 210 g/mol. The Bertz CT molecular complexity index is 362. The van der Waals surface area contributed by atoms with Crippen LogP contribution in [0.15, 0.2) is 24.3 Å². The van der Waals surface area contributed by atoms with Crippen LogP contribution in [0.5, 0.6) is 0 Å². The molecule has 1 saturated heterocycles. The third-order valence-electron chi connectivity index (χ3n) is 3.47. The van der Waals surface area contributed by atoms with Gasteiger partial charge in [-0.3, -0.25) is 0 Å². The molecule has 0 aliphatic carbocycles. The molecule has 1 aliphatic heterocycles. The van der Waals surface area contributed by atoms with Crippen molar-refractivity contribution < 1.29 is 0 Å². The second-order valence-electron chi connectivity index (χ2n) is 5.08. The van der Waals surface area contributed by atoms with Crippen molar-refractivity contribution >= 4 is 5.69 Å². The van der Waals surface area contributed by atoms with E-state index < -0.39 is 0 Å². The summed E-state index contributed by atoms with van der Waals surface area (Å²) in [6.45, 7) is 2.91. The molecule has 94 valence electrons. The fourth-order valence-electron chi connectivity index (χ4n) is 2.73. The smallest absolute Gasteiger partial charge is 0.0417 e. The highest BCUT2D eigenvalue weighted by Gasteiger charge is 2.26. The molecule has 3 heteroatoms. The first-order valence-electron chi connectivity index (χ1n) is 6.41. The molecule has 1 aromatic rings. The van der Waals surface area contributed by atoms with Gasteiger partial charge >= 0.3 is 0 Å². The maximum atomic E-state index is 5.83. The highest BCUT2D eigenvalue weighted by molar-refractivity contribution is 5.55. The average Bonchev–Trinajstić information content (AvgIpc) is 2.76. The number of hydrogen-bond donors (Lipinski definition) is 1. The lowest BCUT2D eigenvalue weighted by molar-refractivity contribution is 0.372. The number of rotatable bonds is 4. The van der Waals surface area contributed by atoms with Crippen LogP contribution >= 0.6 is 0 Å². The van der Waals surface area contributed by atoms with Crippen LogP contribution in [0.25, 0.3) is 0 Å². The van der Waals surface area contributed by atoms with Crippen LogP contribution in [0.2, 0.25) is 0 Å². The van der Waals surface area contributed by atoms with Crippen molar-refractivity contribution in [2.45, 2.75) is 25.4 Å². The summed E-state index contributed by atoms with van der Waals surface area (Å²) in [5.74, 6) is 0. The molecule has 2 rings (SSSR count). The summed E-state index contributed by atoms with van der Waals surface area (Å²) in [6.07, 6.45) is 2.58. The average molecular weight is 233 g/mol. The van der Waals surface area contributed by atoms with Gasteiger partial charge in [0.25, 0.3) is 0 Å². The zero-order valence-electron chi connectivity index (χ0n) is 10.9. The van der Waals surface area contributed by atoms with Gasteiger partial charge in [-0.15, -0.1) is 0 Å². The fourth-order valence-corrected chi connectivity index (χ4v) is 2.73. The third-order valence-corrected chi connectivity index (χ3v) is 3.47. The first kappa shape index (κ1) is 12.4. The summed E-state index contributed by atoms with van der Waals surface area (Å²) < 4.78 is 0. The van der Waals surface area contributed by atoms with E-state index in [2.05, 4.69) is 48.2 Å². The lowest BCUT2D eigenvalue weighted by atomic mass is 10.1. The molecule has 1 heterocycles. The Hall–Kier alpha value is -1.06. The SMILES string of the molecule is CN(C)CC1CCCN1c1ccccc1CN. The molecule has 0 bridgehead atoms. The summed E-state index contributed by atoms with van der Waals surface area (Å²) in [5.41, 5.74) is 8.42. The largest absolute Gasteiger partial charge is 0.367 e. The highest BCUT2D eigenvalue weighted by atomic mass is 15.2. The zero-order valence-corrected chi connectivity index (χ0v) is 10.9. The minimum Gasteiger partial charge on any atom is -0.367 e. The second-order valence-corrected chi connectivity index (χ2v) is 5.08. The van der Waals surface area contributed by atoms with Gasteiger partial charge in [-0.05, 0) is 38.6 Å². The molecule has 0 saturated carbocycles. The predicted octanol–water partition coefficient (Wildman–Crippen LogP) is 1.68. The van der Waals surface area contributed by atoms with E-state index in [1.807, 2.05) is 0 Å². The summed E-state index contributed by atoms with van der Waals surface area (Å²) in [7, 11) is 4.29. The fraction of sp³-hybridized carbons (Fsp3) is 0.571. The van der Waals surface area contributed by atoms with Crippen LogP contribution in [-0.2, 0) is 6.54 Å². The molecule has 2 N–H and O–H groups in total. The van der Waals surface area contributed by atoms with Gasteiger partial charge in [-0.2, -0.15) is 0 Å². The first-order valence-corrected chi connectivity index (χ1v) is 6.41. The van der Waals surface area contributed by atoms with E-state index >= 15 is 0 Å². The number of nitrogens with zero attached hydrogens (tertiary/aromatic N) is 2. The van der Waals surface area contributed by atoms with Gasteiger partial charge in [0.05, 0.1) is 0 Å². The van der Waals surface area contributed by atoms with Crippen molar-refractivity contribution in [1.82, 2.24) is 4.90 Å². The predicted molar refractivity (Wildman–Crippen MR) is 73.3 cm³/mol. The van der Waals surface area contributed by atoms with Gasteiger partial charge < -0.3 is 15.5 Å². The summed E-state index contributed by atoms with van der Waals surface area (Å²) in [4.78, 5) is 4.80. The number of nitrogens with two attached hydrogens (primary N) is 1. The van der Waals surface area contributed by atoms with Gasteiger partial charge in [0.2, 0.25) is 0 Å². The summed E-state index contributed by atoms with van der Waals surface area (Å²) >= 11 is 0. The monoisotopic (exact) mass is 233 g/mol. The van der Waals surface area contributed by atoms with Gasteiger partial charge in [-0.1, -0.05) is 18.2 Å². The molecule has 0 amide bonds. The molecule has 3 nitrogen and oxygen atoms in total. The molecule has 0 spiro atoms. The van der Waals surface area contributed by atoms with Crippen molar-refractivity contribution in [2.75, 3.05) is 32.1 Å². The number of hydrogen-bond acceptors (Lipinski definition) is 3. The van der Waals surface area contributed by atoms with E-state index in [1.165, 1.54) is 24.1 Å². The third kappa shape index (κ3) is 2.79. The Morgan fingerprint density at radius 2 is 2.12 bits per heavy atom. The Morgan fingerprint density at radius 1 is 1.35 bits per heavy atom. The zero-order chi connectivity index (χ0) is 12.3. The minimum absolute atomic E-state index is 0.626. The Balaban J connectivity index is 2.19. The van der Waals surface area contributed by atoms with Crippen molar-refractivity contribution in [1.29, 1.82) is 0 Å². The number of benzene rings is 1. The second kappa shape index (κ2) is 5.52. The van der Waals surface area contributed by atoms with Gasteiger partial charge in [0, 0.05) is 31.4 Å². The van der Waals surface area contributed by atoms with E-state index in [0.717, 1.165) is 13.1 Å². The number of anilines is 1. The van der Waals surface area contributed by atoms with Crippen LogP contribution in [0, 0.1) is 0 Å². The molecule has 0 radical (unpaired) electrons. The van der Waals surface area contributed by atoms with E-state index in [-0.39, 0.29) is 0 Å². The highest BCUT2D eigenvalue weighted by Crippen LogP contribution is 2.28. The maximum Gasteiger partial charge on any atom is 0.0417 e. The van der Waals surface area contributed by atoms with Crippen molar-refractivity contribution in [3.05, 3.63) is 29.8 Å². The molecule has 0 aromatic heterocycles. The molecule has 1 aromatic carbocycles. The van der Waals surface area contributed by atoms with Gasteiger partial charge in [-0.25, -0.2) is 0 Å². The standard InChI is InChI=1S/C14H23N3/c1-16(2)11-13-7-5-9-17(13)14-8-4-3-6-12(14)10-15/h3-4,6,8,13H,5,7,9-11,15H2,1-2H3. The van der Waals surface area contributed by atoms with Crippen LogP contribution in [0.3, 0.4) is 0 Å². The van der Waals surface area contributed by atoms with Crippen molar-refractivity contribution in [3.8, 4) is 0 Å². The normalized spacial score (nSPS) is 20.2. The lowest BCUT2D eigenvalue weighted by Gasteiger charge is -2.30. The molecule has 1 atom stereocenters. The van der Waals surface area contributed by atoms with Crippen LogP contribution in [0.4, 0.5) is 5.69 Å². The maximum absolute atomic E-state index is 5.83. The van der Waals surface area contributed by atoms with Crippen molar-refractivity contribution in [2.24, 2.45) is 5.73 Å². The lowest BCUT2D eigenvalue weighted by Crippen LogP contribution is -2.38. The van der Waals surface area contributed by atoms with Gasteiger partial charge in [0.1, 0.15) is 0 Å². The molecule has 17 heavy (non-hydrogen) atoms. The first-order chi connectivity index (χ1) is 8.22. The van der Waals surface area contributed by atoms with E-state index in [0.29, 0.717) is 12.6 Å². The quantitative estimate of drug-likeness (QED) is 0.858. The van der Waals surface area contributed by atoms with Gasteiger partial charge in [0.15, 0.2) is 0 Å². The Kier molecular flexibility index (Phi) is 4.02. The molecule has 1 aliphatic rings. The minimum atomic E-state index is 0.626. The van der Waals surface area contributed by atoms with E-state index in [1.54, 1.807) is 0 Å². The Labute approximate surface area is 104 Å². The summed E-state index contributed by atoms with van der Waals surface area (Å²) in [6, 6.07) is 9.16. The number of para-hydroxylation sites is 1. The van der Waals surface area contributed by atoms with Crippen molar-refractivity contribution in [3.63, 3.8) is 0 Å². The summed E-state index contributed by atoms with van der Waals surface area (Å²) in [5, 5.41) is 0. The van der Waals surface area contributed by atoms with E-state index in [9.17, 15) is 0 Å². The Morgan fingerprint density at radius 3 is 2.82 bits per heavy atom. The number of likely N-dealkylation sites (N-methyl/N-ethyl adjacent to an activating group) is 1. The molecule has 1 fully saturated rings. The van der Waals surface area contributed by atoms with Crippen LogP contribution in [0.1, 0.15) is 18.4 Å². The topological polar surface area (TPSA) is 32.5 Å².